The molecule has 0 aliphatic carbocycles. The Bertz CT molecular complexity index is 946. The van der Waals surface area contributed by atoms with Crippen LogP contribution in [0.15, 0.2) is 34.1 Å². The summed E-state index contributed by atoms with van der Waals surface area (Å²) in [5, 5.41) is 0. The molecule has 0 amide bonds. The van der Waals surface area contributed by atoms with Gasteiger partial charge in [0.15, 0.2) is 0 Å². The Morgan fingerprint density at radius 2 is 1.23 bits per heavy atom. The van der Waals surface area contributed by atoms with E-state index in [4.69, 9.17) is 0 Å². The lowest BCUT2D eigenvalue weighted by molar-refractivity contribution is 0.273. The van der Waals surface area contributed by atoms with Crippen LogP contribution in [0.5, 0.6) is 0 Å². The first-order valence-corrected chi connectivity index (χ1v) is 12.4. The maximum atomic E-state index is 12.7. The van der Waals surface area contributed by atoms with Gasteiger partial charge in [-0.2, -0.15) is 8.61 Å². The molecule has 0 N–H and O–H groups in total. The summed E-state index contributed by atoms with van der Waals surface area (Å²) in [5.41, 5.74) is 0. The first-order chi connectivity index (χ1) is 11.9. The Kier molecular flexibility index (Phi) is 6.15. The number of nitrogens with zero attached hydrogens (tertiary/aromatic N) is 3. The van der Waals surface area contributed by atoms with Crippen molar-refractivity contribution in [2.24, 2.45) is 0 Å². The molecule has 0 radical (unpaired) electrons. The van der Waals surface area contributed by atoms with Crippen LogP contribution in [0.2, 0.25) is 0 Å². The summed E-state index contributed by atoms with van der Waals surface area (Å²) < 4.78 is 76.8. The zero-order valence-corrected chi connectivity index (χ0v) is 17.3. The van der Waals surface area contributed by atoms with Crippen LogP contribution in [-0.4, -0.2) is 84.2 Å². The van der Waals surface area contributed by atoms with Gasteiger partial charge in [0.2, 0.25) is 30.1 Å². The van der Waals surface area contributed by atoms with E-state index >= 15 is 0 Å². The van der Waals surface area contributed by atoms with Crippen LogP contribution in [0, 0.1) is 0 Å². The largest absolute Gasteiger partial charge is 0.243 e. The molecule has 0 bridgehead atoms. The van der Waals surface area contributed by atoms with Crippen LogP contribution in [0.4, 0.5) is 0 Å². The Labute approximate surface area is 155 Å². The van der Waals surface area contributed by atoms with E-state index in [2.05, 4.69) is 0 Å². The molecule has 9 nitrogen and oxygen atoms in total. The van der Waals surface area contributed by atoms with Gasteiger partial charge in [-0.15, -0.1) is 0 Å². The monoisotopic (exact) mass is 425 g/mol. The molecule has 1 aliphatic heterocycles. The van der Waals surface area contributed by atoms with Gasteiger partial charge in [0.05, 0.1) is 15.5 Å². The third-order valence-electron chi connectivity index (χ3n) is 4.20. The summed E-state index contributed by atoms with van der Waals surface area (Å²) in [5.74, 6) is -0.0262. The van der Waals surface area contributed by atoms with Gasteiger partial charge in [0, 0.05) is 40.3 Å². The molecular weight excluding hydrogens is 402 g/mol. The predicted octanol–water partition coefficient (Wildman–Crippen LogP) is -0.407. The average Bonchev–Trinajstić information content (AvgIpc) is 2.61. The van der Waals surface area contributed by atoms with Gasteiger partial charge in [-0.05, 0) is 31.2 Å². The molecule has 1 fully saturated rings. The molecule has 0 aromatic heterocycles. The van der Waals surface area contributed by atoms with Crippen molar-refractivity contribution in [2.45, 2.75) is 16.7 Å². The van der Waals surface area contributed by atoms with Crippen LogP contribution in [-0.2, 0) is 30.1 Å². The maximum absolute atomic E-state index is 12.7. The summed E-state index contributed by atoms with van der Waals surface area (Å²) in [6.45, 7) is 1.85. The van der Waals surface area contributed by atoms with Crippen molar-refractivity contribution in [1.29, 1.82) is 0 Å². The van der Waals surface area contributed by atoms with E-state index in [-0.39, 0.29) is 41.7 Å². The third-order valence-corrected chi connectivity index (χ3v) is 9.82. The summed E-state index contributed by atoms with van der Waals surface area (Å²) >= 11 is 0. The van der Waals surface area contributed by atoms with Crippen LogP contribution in [0.3, 0.4) is 0 Å². The van der Waals surface area contributed by atoms with Crippen molar-refractivity contribution in [2.75, 3.05) is 46.0 Å². The van der Waals surface area contributed by atoms with Gasteiger partial charge >= 0.3 is 0 Å². The van der Waals surface area contributed by atoms with Crippen LogP contribution < -0.4 is 0 Å². The minimum atomic E-state index is -3.82. The smallest absolute Gasteiger partial charge is 0.212 e. The molecule has 1 saturated heterocycles. The van der Waals surface area contributed by atoms with Crippen LogP contribution >= 0.6 is 0 Å². The minimum Gasteiger partial charge on any atom is -0.212 e. The lowest BCUT2D eigenvalue weighted by Gasteiger charge is -2.33. The first kappa shape index (κ1) is 21.3. The SMILES string of the molecule is CCS(=O)(=O)N1CCN(S(=O)(=O)c2ccc(S(=O)(=O)N(C)C)cc2)CC1. The van der Waals surface area contributed by atoms with Crippen molar-refractivity contribution >= 4 is 30.1 Å². The Balaban J connectivity index is 2.19. The number of benzene rings is 1. The fraction of sp³-hybridized carbons (Fsp3) is 0.571. The van der Waals surface area contributed by atoms with Gasteiger partial charge in [-0.25, -0.2) is 29.6 Å². The molecule has 0 atom stereocenters. The average molecular weight is 426 g/mol. The molecule has 1 heterocycles. The first-order valence-electron chi connectivity index (χ1n) is 7.93. The third kappa shape index (κ3) is 4.10. The predicted molar refractivity (Wildman–Crippen MR) is 97.1 cm³/mol. The number of sulfonamides is 3. The second-order valence-electron chi connectivity index (χ2n) is 5.96. The summed E-state index contributed by atoms with van der Waals surface area (Å²) in [4.78, 5) is -0.0256. The lowest BCUT2D eigenvalue weighted by Crippen LogP contribution is -2.50. The highest BCUT2D eigenvalue weighted by molar-refractivity contribution is 7.90. The van der Waals surface area contributed by atoms with Crippen molar-refractivity contribution in [3.8, 4) is 0 Å². The highest BCUT2D eigenvalue weighted by Gasteiger charge is 2.32. The zero-order valence-electron chi connectivity index (χ0n) is 14.9. The second kappa shape index (κ2) is 7.52. The summed E-state index contributed by atoms with van der Waals surface area (Å²) in [6, 6.07) is 5.00. The van der Waals surface area contributed by atoms with Gasteiger partial charge in [-0.1, -0.05) is 0 Å². The fourth-order valence-corrected chi connectivity index (χ4v) is 5.92. The molecule has 26 heavy (non-hydrogen) atoms. The van der Waals surface area contributed by atoms with Gasteiger partial charge in [0.25, 0.3) is 0 Å². The van der Waals surface area contributed by atoms with Crippen molar-refractivity contribution in [1.82, 2.24) is 12.9 Å². The molecule has 1 aromatic carbocycles. The number of hydrogen-bond acceptors (Lipinski definition) is 6. The molecular formula is C14H23N3O6S3. The minimum absolute atomic E-state index is 0.000286. The van der Waals surface area contributed by atoms with Crippen molar-refractivity contribution < 1.29 is 25.3 Å². The van der Waals surface area contributed by atoms with Gasteiger partial charge < -0.3 is 0 Å². The van der Waals surface area contributed by atoms with E-state index in [0.717, 1.165) is 4.31 Å². The molecule has 148 valence electrons. The Morgan fingerprint density at radius 1 is 0.808 bits per heavy atom. The van der Waals surface area contributed by atoms with E-state index in [1.165, 1.54) is 47.0 Å². The number of hydrogen-bond donors (Lipinski definition) is 0. The fourth-order valence-electron chi connectivity index (χ4n) is 2.51. The standard InChI is InChI=1S/C14H23N3O6S3/c1-4-24(18,19)16-9-11-17(12-10-16)26(22,23)14-7-5-13(6-8-14)25(20,21)15(2)3/h5-8H,4,9-12H2,1-3H3. The van der Waals surface area contributed by atoms with E-state index in [9.17, 15) is 25.3 Å². The summed E-state index contributed by atoms with van der Waals surface area (Å²) in [7, 11) is -8.01. The highest BCUT2D eigenvalue weighted by atomic mass is 32.2. The Morgan fingerprint density at radius 3 is 1.65 bits per heavy atom. The lowest BCUT2D eigenvalue weighted by atomic mass is 10.4. The maximum Gasteiger partial charge on any atom is 0.243 e. The van der Waals surface area contributed by atoms with E-state index in [1.807, 2.05) is 0 Å². The van der Waals surface area contributed by atoms with Crippen molar-refractivity contribution in [3.63, 3.8) is 0 Å². The number of piperazine rings is 1. The quantitative estimate of drug-likeness (QED) is 0.613. The normalized spacial score (nSPS) is 18.3. The number of rotatable bonds is 6. The molecule has 1 aromatic rings. The van der Waals surface area contributed by atoms with E-state index in [0.29, 0.717) is 0 Å². The molecule has 1 aliphatic rings. The van der Waals surface area contributed by atoms with E-state index < -0.39 is 30.1 Å². The second-order valence-corrected chi connectivity index (χ2v) is 12.3. The Hall–Kier alpha value is -1.05. The van der Waals surface area contributed by atoms with Crippen LogP contribution in [0.25, 0.3) is 0 Å². The topological polar surface area (TPSA) is 112 Å². The molecule has 0 saturated carbocycles. The van der Waals surface area contributed by atoms with Gasteiger partial charge in [0.1, 0.15) is 0 Å². The molecule has 0 unspecified atom stereocenters. The van der Waals surface area contributed by atoms with Crippen LogP contribution in [0.1, 0.15) is 6.92 Å². The van der Waals surface area contributed by atoms with Gasteiger partial charge in [-0.3, -0.25) is 0 Å². The van der Waals surface area contributed by atoms with Crippen molar-refractivity contribution in [3.05, 3.63) is 24.3 Å². The van der Waals surface area contributed by atoms with E-state index in [1.54, 1.807) is 6.92 Å². The molecule has 12 heteroatoms. The highest BCUT2D eigenvalue weighted by Crippen LogP contribution is 2.21. The molecule has 0 spiro atoms. The molecule has 2 rings (SSSR count). The zero-order chi connectivity index (χ0) is 19.8. The summed E-state index contributed by atoms with van der Waals surface area (Å²) in [6.07, 6.45) is 0.